The lowest BCUT2D eigenvalue weighted by Gasteiger charge is -2.23. The fourth-order valence-corrected chi connectivity index (χ4v) is 3.66. The van der Waals surface area contributed by atoms with E-state index in [1.54, 1.807) is 21.3 Å². The summed E-state index contributed by atoms with van der Waals surface area (Å²) in [7, 11) is 2.47. The van der Waals surface area contributed by atoms with Crippen LogP contribution in [-0.4, -0.2) is 30.1 Å². The molecule has 0 aliphatic carbocycles. The summed E-state index contributed by atoms with van der Waals surface area (Å²) in [6, 6.07) is 7.03. The number of rotatable bonds is 7. The summed E-state index contributed by atoms with van der Waals surface area (Å²) < 4.78 is 18.6. The Labute approximate surface area is 111 Å². The Morgan fingerprint density at radius 2 is 1.72 bits per heavy atom. The summed E-state index contributed by atoms with van der Waals surface area (Å²) in [5.74, 6) is 0.495. The molecule has 1 heterocycles. The zero-order valence-electron chi connectivity index (χ0n) is 12.0. The topological polar surface area (TPSA) is 31.6 Å². The van der Waals surface area contributed by atoms with Gasteiger partial charge < -0.3 is 13.3 Å². The van der Waals surface area contributed by atoms with Crippen LogP contribution in [0, 0.1) is 0 Å². The summed E-state index contributed by atoms with van der Waals surface area (Å²) >= 11 is 0. The fourth-order valence-electron chi connectivity index (χ4n) is 2.03. The third-order valence-electron chi connectivity index (χ3n) is 3.16. The lowest BCUT2D eigenvalue weighted by atomic mass is 10.1. The van der Waals surface area contributed by atoms with Crippen LogP contribution in [0.5, 0.6) is 0 Å². The van der Waals surface area contributed by atoms with Crippen LogP contribution in [0.25, 0.3) is 0 Å². The molecule has 0 fully saturated rings. The molecule has 1 aromatic heterocycles. The Morgan fingerprint density at radius 3 is 2.22 bits per heavy atom. The third-order valence-corrected chi connectivity index (χ3v) is 5.86. The van der Waals surface area contributed by atoms with Crippen LogP contribution >= 0.6 is 0 Å². The minimum Gasteiger partial charge on any atom is -0.377 e. The van der Waals surface area contributed by atoms with Crippen molar-refractivity contribution < 1.29 is 17.8 Å². The molecule has 5 heteroatoms. The fraction of sp³-hybridized carbons (Fsp3) is 0.615. The van der Waals surface area contributed by atoms with E-state index in [1.165, 1.54) is 5.69 Å². The summed E-state index contributed by atoms with van der Waals surface area (Å²) in [4.78, 5) is 0. The molecule has 4 nitrogen and oxygen atoms in total. The molecule has 0 N–H and O–H groups in total. The highest BCUT2D eigenvalue weighted by Crippen LogP contribution is 2.14. The molecule has 0 aliphatic rings. The number of hydrogen-bond donors (Lipinski definition) is 0. The Morgan fingerprint density at radius 1 is 1.11 bits per heavy atom. The first kappa shape index (κ1) is 15.3. The van der Waals surface area contributed by atoms with Gasteiger partial charge in [-0.15, -0.1) is 0 Å². The van der Waals surface area contributed by atoms with E-state index in [0.29, 0.717) is 5.92 Å². The predicted octanol–water partition coefficient (Wildman–Crippen LogP) is 1.98. The van der Waals surface area contributed by atoms with E-state index in [2.05, 4.69) is 36.7 Å². The van der Waals surface area contributed by atoms with Gasteiger partial charge >= 0.3 is 8.80 Å². The summed E-state index contributed by atoms with van der Waals surface area (Å²) in [5.41, 5.74) is 1.31. The first-order chi connectivity index (χ1) is 8.58. The van der Waals surface area contributed by atoms with Crippen molar-refractivity contribution in [2.45, 2.75) is 32.4 Å². The number of aromatic nitrogens is 1. The Balaban J connectivity index is 2.79. The zero-order valence-corrected chi connectivity index (χ0v) is 13.0. The summed E-state index contributed by atoms with van der Waals surface area (Å²) in [5, 5.41) is 0. The van der Waals surface area contributed by atoms with Crippen molar-refractivity contribution in [1.29, 1.82) is 0 Å². The van der Waals surface area contributed by atoms with Crippen molar-refractivity contribution in [1.82, 2.24) is 0 Å². The van der Waals surface area contributed by atoms with Gasteiger partial charge in [0, 0.05) is 39.4 Å². The smallest absolute Gasteiger partial charge is 0.377 e. The monoisotopic (exact) mass is 270 g/mol. The number of pyridine rings is 1. The standard InChI is InChI=1S/C13H24NO3Si/c1-12(2)13-8-6-7-9-14(13)10-11-18(15-3,16-4)17-5/h6-9,12H,10-11H2,1-5H3/q+1. The van der Waals surface area contributed by atoms with Gasteiger partial charge in [-0.1, -0.05) is 19.9 Å². The van der Waals surface area contributed by atoms with Crippen molar-refractivity contribution in [3.63, 3.8) is 0 Å². The zero-order chi connectivity index (χ0) is 13.6. The highest BCUT2D eigenvalue weighted by molar-refractivity contribution is 6.60. The second-order valence-corrected chi connectivity index (χ2v) is 7.61. The van der Waals surface area contributed by atoms with Crippen molar-refractivity contribution in [3.05, 3.63) is 30.1 Å². The van der Waals surface area contributed by atoms with Crippen molar-refractivity contribution >= 4 is 8.80 Å². The molecule has 0 unspecified atom stereocenters. The van der Waals surface area contributed by atoms with E-state index >= 15 is 0 Å². The predicted molar refractivity (Wildman–Crippen MR) is 72.3 cm³/mol. The first-order valence-electron chi connectivity index (χ1n) is 6.22. The van der Waals surface area contributed by atoms with Gasteiger partial charge in [0.2, 0.25) is 0 Å². The molecule has 0 atom stereocenters. The minimum atomic E-state index is -2.48. The molecule has 18 heavy (non-hydrogen) atoms. The second kappa shape index (κ2) is 6.99. The van der Waals surface area contributed by atoms with Gasteiger partial charge in [-0.3, -0.25) is 0 Å². The van der Waals surface area contributed by atoms with Gasteiger partial charge in [0.05, 0.1) is 6.04 Å². The number of nitrogens with zero attached hydrogens (tertiary/aromatic N) is 1. The SMILES string of the molecule is CO[Si](CC[n+]1ccccc1C(C)C)(OC)OC. The number of aryl methyl sites for hydroxylation is 1. The lowest BCUT2D eigenvalue weighted by Crippen LogP contribution is -2.48. The van der Waals surface area contributed by atoms with Crippen LogP contribution in [0.1, 0.15) is 25.5 Å². The molecule has 0 saturated carbocycles. The largest absolute Gasteiger partial charge is 0.506 e. The van der Waals surface area contributed by atoms with Gasteiger partial charge in [0.25, 0.3) is 0 Å². The van der Waals surface area contributed by atoms with Gasteiger partial charge in [0.15, 0.2) is 18.4 Å². The van der Waals surface area contributed by atoms with E-state index in [0.717, 1.165) is 12.6 Å². The molecule has 0 aliphatic heterocycles. The summed E-state index contributed by atoms with van der Waals surface area (Å²) in [6.45, 7) is 5.23. The van der Waals surface area contributed by atoms with E-state index in [4.69, 9.17) is 13.3 Å². The normalized spacial score (nSPS) is 12.1. The quantitative estimate of drug-likeness (QED) is 0.561. The van der Waals surface area contributed by atoms with E-state index in [1.807, 2.05) is 6.07 Å². The van der Waals surface area contributed by atoms with Gasteiger partial charge in [-0.25, -0.2) is 4.57 Å². The maximum Gasteiger partial charge on any atom is 0.506 e. The molecule has 0 aromatic carbocycles. The molecular formula is C13H24NO3Si+. The van der Waals surface area contributed by atoms with Gasteiger partial charge in [0.1, 0.15) is 0 Å². The second-order valence-electron chi connectivity index (χ2n) is 4.52. The Hall–Kier alpha value is -0.753. The lowest BCUT2D eigenvalue weighted by molar-refractivity contribution is -0.702. The maximum atomic E-state index is 5.44. The highest BCUT2D eigenvalue weighted by Gasteiger charge is 2.39. The Kier molecular flexibility index (Phi) is 5.94. The molecule has 0 saturated heterocycles. The van der Waals surface area contributed by atoms with Crippen molar-refractivity contribution in [2.75, 3.05) is 21.3 Å². The average molecular weight is 270 g/mol. The molecule has 0 bridgehead atoms. The van der Waals surface area contributed by atoms with Crippen molar-refractivity contribution in [2.24, 2.45) is 0 Å². The molecule has 1 rings (SSSR count). The van der Waals surface area contributed by atoms with Gasteiger partial charge in [-0.2, -0.15) is 0 Å². The van der Waals surface area contributed by atoms with Crippen LogP contribution in [0.3, 0.4) is 0 Å². The average Bonchev–Trinajstić information content (AvgIpc) is 2.41. The van der Waals surface area contributed by atoms with Crippen LogP contribution in [0.15, 0.2) is 24.4 Å². The maximum absolute atomic E-state index is 5.44. The minimum absolute atomic E-state index is 0.495. The van der Waals surface area contributed by atoms with E-state index in [-0.39, 0.29) is 0 Å². The molecule has 1 aromatic rings. The van der Waals surface area contributed by atoms with Crippen LogP contribution in [-0.2, 0) is 19.8 Å². The molecule has 0 radical (unpaired) electrons. The molecule has 0 spiro atoms. The van der Waals surface area contributed by atoms with Gasteiger partial charge in [-0.05, 0) is 0 Å². The van der Waals surface area contributed by atoms with Crippen LogP contribution < -0.4 is 4.57 Å². The summed E-state index contributed by atoms with van der Waals surface area (Å²) in [6.07, 6.45) is 2.09. The van der Waals surface area contributed by atoms with Crippen LogP contribution in [0.2, 0.25) is 6.04 Å². The number of hydrogen-bond acceptors (Lipinski definition) is 3. The first-order valence-corrected chi connectivity index (χ1v) is 8.15. The molecular weight excluding hydrogens is 246 g/mol. The highest BCUT2D eigenvalue weighted by atomic mass is 28.4. The van der Waals surface area contributed by atoms with E-state index < -0.39 is 8.80 Å². The molecule has 102 valence electrons. The van der Waals surface area contributed by atoms with Crippen LogP contribution in [0.4, 0.5) is 0 Å². The Bertz CT molecular complexity index is 359. The third kappa shape index (κ3) is 3.62. The van der Waals surface area contributed by atoms with Crippen molar-refractivity contribution in [3.8, 4) is 0 Å². The van der Waals surface area contributed by atoms with E-state index in [9.17, 15) is 0 Å². The molecule has 0 amide bonds.